The van der Waals surface area contributed by atoms with Gasteiger partial charge in [0.15, 0.2) is 0 Å². The first kappa shape index (κ1) is 13.5. The van der Waals surface area contributed by atoms with Crippen LogP contribution in [0.4, 0.5) is 4.79 Å². The van der Waals surface area contributed by atoms with E-state index in [0.717, 1.165) is 13.1 Å². The average molecular weight is 198 g/mol. The van der Waals surface area contributed by atoms with Crippen LogP contribution < -0.4 is 5.32 Å². The molecule has 1 amide bonds. The summed E-state index contributed by atoms with van der Waals surface area (Å²) < 4.78 is 0.472. The summed E-state index contributed by atoms with van der Waals surface area (Å²) in [5, 5.41) is 10.9. The number of nitrogens with zero attached hydrogens (tertiary/aromatic N) is 1. The van der Waals surface area contributed by atoms with Crippen LogP contribution in [0.1, 0.15) is 13.8 Å². The number of nitrogens with one attached hydrogen (secondary N) is 1. The van der Waals surface area contributed by atoms with Crippen molar-refractivity contribution in [2.45, 2.75) is 13.8 Å². The molecule has 0 radical (unpaired) electrons. The Kier molecular flexibility index (Phi) is 12.2. The number of carboxylic acid groups (broad SMARTS) is 1. The molecule has 11 heavy (non-hydrogen) atoms. The normalized spacial score (nSPS) is 8.00. The molecule has 0 saturated carbocycles. The molecule has 0 atom stereocenters. The fraction of sp³-hybridized carbons (Fsp3) is 0.800. The molecule has 0 bridgehead atoms. The molecule has 0 aliphatic carbocycles. The predicted octanol–water partition coefficient (Wildman–Crippen LogP) is 1.27. The maximum atomic E-state index is 9.47. The van der Waals surface area contributed by atoms with E-state index < -0.39 is 6.09 Å². The van der Waals surface area contributed by atoms with Crippen LogP contribution in [0.2, 0.25) is 0 Å². The molecule has 0 heterocycles. The van der Waals surface area contributed by atoms with Crippen molar-refractivity contribution in [2.75, 3.05) is 13.1 Å². The van der Waals surface area contributed by atoms with Crippen LogP contribution in [0, 0.1) is 0 Å². The lowest BCUT2D eigenvalue weighted by Crippen LogP contribution is -2.09. The van der Waals surface area contributed by atoms with Crippen molar-refractivity contribution in [3.8, 4) is 0 Å². The summed E-state index contributed by atoms with van der Waals surface area (Å²) in [6.45, 7) is 6.39. The summed E-state index contributed by atoms with van der Waals surface area (Å²) in [4.78, 5) is 9.47. The van der Waals surface area contributed by atoms with E-state index in [1.165, 1.54) is 0 Å². The van der Waals surface area contributed by atoms with E-state index in [4.69, 9.17) is 5.11 Å². The highest BCUT2D eigenvalue weighted by Gasteiger charge is 1.95. The topological polar surface area (TPSA) is 52.6 Å². The van der Waals surface area contributed by atoms with E-state index in [0.29, 0.717) is 3.71 Å². The Bertz CT molecular complexity index is 98.5. The second-order valence-corrected chi connectivity index (χ2v) is 2.64. The van der Waals surface area contributed by atoms with Crippen LogP contribution in [-0.4, -0.2) is 28.0 Å². The monoisotopic (exact) mass is 198 g/mol. The van der Waals surface area contributed by atoms with Crippen LogP contribution in [0.5, 0.6) is 0 Å². The van der Waals surface area contributed by atoms with E-state index in [2.05, 4.69) is 44.8 Å². The SMILES string of the molecule is CCNCC.O=C(O)N(S)S. The standard InChI is InChI=1S/C4H11N.CH3NO2S2/c1-3-5-4-2;3-1(4)2(5)6/h5H,3-4H2,1-2H3;5-6H,(H,3,4). The van der Waals surface area contributed by atoms with Crippen LogP contribution in [0.3, 0.4) is 0 Å². The fourth-order valence-electron chi connectivity index (χ4n) is 0.250. The van der Waals surface area contributed by atoms with Gasteiger partial charge in [0.25, 0.3) is 0 Å². The lowest BCUT2D eigenvalue weighted by atomic mass is 10.7. The maximum absolute atomic E-state index is 9.47. The third-order valence-electron chi connectivity index (χ3n) is 0.671. The lowest BCUT2D eigenvalue weighted by molar-refractivity contribution is 0.191. The predicted molar refractivity (Wildman–Crippen MR) is 52.1 cm³/mol. The molecule has 0 saturated heterocycles. The third kappa shape index (κ3) is 17.8. The van der Waals surface area contributed by atoms with Gasteiger partial charge >= 0.3 is 6.09 Å². The van der Waals surface area contributed by atoms with Gasteiger partial charge in [0.05, 0.1) is 0 Å². The van der Waals surface area contributed by atoms with Gasteiger partial charge in [0.2, 0.25) is 0 Å². The van der Waals surface area contributed by atoms with Crippen molar-refractivity contribution in [2.24, 2.45) is 0 Å². The van der Waals surface area contributed by atoms with Crippen LogP contribution in [0.25, 0.3) is 0 Å². The summed E-state index contributed by atoms with van der Waals surface area (Å²) in [5.41, 5.74) is 0. The van der Waals surface area contributed by atoms with Gasteiger partial charge in [0, 0.05) is 0 Å². The molecule has 2 N–H and O–H groups in total. The number of carbonyl (C=O) groups is 1. The quantitative estimate of drug-likeness (QED) is 0.505. The molecule has 0 fully saturated rings. The van der Waals surface area contributed by atoms with E-state index in [1.54, 1.807) is 0 Å². The molecule has 0 aliphatic heterocycles. The maximum Gasteiger partial charge on any atom is 0.427 e. The van der Waals surface area contributed by atoms with Crippen molar-refractivity contribution in [1.29, 1.82) is 0 Å². The molecule has 4 nitrogen and oxygen atoms in total. The molecular formula is C5H14N2O2S2. The zero-order chi connectivity index (χ0) is 9.28. The highest BCUT2D eigenvalue weighted by Crippen LogP contribution is 1.94. The minimum Gasteiger partial charge on any atom is -0.464 e. The van der Waals surface area contributed by atoms with Gasteiger partial charge in [-0.15, -0.1) is 0 Å². The Morgan fingerprint density at radius 2 is 1.73 bits per heavy atom. The minimum absolute atomic E-state index is 0.472. The Balaban J connectivity index is 0. The summed E-state index contributed by atoms with van der Waals surface area (Å²) in [6, 6.07) is 0. The number of amides is 1. The number of hydrogen-bond acceptors (Lipinski definition) is 4. The number of hydrogen-bond donors (Lipinski definition) is 4. The Morgan fingerprint density at radius 3 is 1.73 bits per heavy atom. The van der Waals surface area contributed by atoms with Crippen molar-refractivity contribution in [1.82, 2.24) is 9.03 Å². The molecule has 0 rings (SSSR count). The van der Waals surface area contributed by atoms with Gasteiger partial charge in [-0.25, -0.2) is 4.79 Å². The summed E-state index contributed by atoms with van der Waals surface area (Å²) in [5.74, 6) is 0. The van der Waals surface area contributed by atoms with Gasteiger partial charge in [-0.05, 0) is 38.7 Å². The second-order valence-electron chi connectivity index (χ2n) is 1.53. The minimum atomic E-state index is -1.18. The summed E-state index contributed by atoms with van der Waals surface area (Å²) >= 11 is 6.58. The summed E-state index contributed by atoms with van der Waals surface area (Å²) in [6.07, 6.45) is -1.18. The van der Waals surface area contributed by atoms with Crippen molar-refractivity contribution in [3.05, 3.63) is 0 Å². The average Bonchev–Trinajstić information content (AvgIpc) is 1.90. The lowest BCUT2D eigenvalue weighted by Gasteiger charge is -1.95. The van der Waals surface area contributed by atoms with E-state index in [1.807, 2.05) is 0 Å². The highest BCUT2D eigenvalue weighted by atomic mass is 32.2. The van der Waals surface area contributed by atoms with Crippen molar-refractivity contribution >= 4 is 31.7 Å². The smallest absolute Gasteiger partial charge is 0.427 e. The van der Waals surface area contributed by atoms with Crippen molar-refractivity contribution in [3.63, 3.8) is 0 Å². The summed E-state index contributed by atoms with van der Waals surface area (Å²) in [7, 11) is 0. The molecule has 0 aromatic rings. The first-order valence-electron chi connectivity index (χ1n) is 3.17. The molecular weight excluding hydrogens is 184 g/mol. The van der Waals surface area contributed by atoms with Gasteiger partial charge in [-0.3, -0.25) is 0 Å². The molecule has 0 aromatic carbocycles. The molecule has 68 valence electrons. The molecule has 0 unspecified atom stereocenters. The van der Waals surface area contributed by atoms with Gasteiger partial charge in [-0.1, -0.05) is 13.8 Å². The van der Waals surface area contributed by atoms with Crippen molar-refractivity contribution < 1.29 is 9.90 Å². The zero-order valence-electron chi connectivity index (χ0n) is 6.61. The Morgan fingerprint density at radius 1 is 1.45 bits per heavy atom. The highest BCUT2D eigenvalue weighted by molar-refractivity contribution is 7.94. The Hall–Kier alpha value is -0.0700. The molecule has 0 aromatic heterocycles. The van der Waals surface area contributed by atoms with Gasteiger partial charge in [-0.2, -0.15) is 3.71 Å². The van der Waals surface area contributed by atoms with E-state index in [-0.39, 0.29) is 0 Å². The van der Waals surface area contributed by atoms with Gasteiger partial charge < -0.3 is 10.4 Å². The number of thiol groups is 2. The first-order valence-corrected chi connectivity index (χ1v) is 3.97. The van der Waals surface area contributed by atoms with E-state index >= 15 is 0 Å². The fourth-order valence-corrected chi connectivity index (χ4v) is 0.250. The Labute approximate surface area is 78.1 Å². The molecule has 0 spiro atoms. The second kappa shape index (κ2) is 9.93. The first-order chi connectivity index (χ1) is 5.06. The van der Waals surface area contributed by atoms with Crippen LogP contribution in [0.15, 0.2) is 0 Å². The zero-order valence-corrected chi connectivity index (χ0v) is 8.40. The molecule has 6 heteroatoms. The number of rotatable bonds is 2. The third-order valence-corrected chi connectivity index (χ3v) is 1.01. The van der Waals surface area contributed by atoms with Crippen LogP contribution >= 0.6 is 25.6 Å². The van der Waals surface area contributed by atoms with E-state index in [9.17, 15) is 4.79 Å². The molecule has 0 aliphatic rings. The van der Waals surface area contributed by atoms with Gasteiger partial charge in [0.1, 0.15) is 0 Å². The van der Waals surface area contributed by atoms with Crippen LogP contribution in [-0.2, 0) is 0 Å². The largest absolute Gasteiger partial charge is 0.464 e.